The zero-order valence-corrected chi connectivity index (χ0v) is 24.9. The van der Waals surface area contributed by atoms with Gasteiger partial charge < -0.3 is 38.6 Å². The highest BCUT2D eigenvalue weighted by atomic mass is 127. The van der Waals surface area contributed by atoms with Crippen LogP contribution in [0.5, 0.6) is 5.75 Å². The number of aliphatic carboxylic acids is 1. The Morgan fingerprint density at radius 2 is 1.92 bits per heavy atom. The Balaban J connectivity index is -0.000000198. The molecule has 0 aliphatic carbocycles. The molecule has 1 heterocycles. The van der Waals surface area contributed by atoms with Crippen molar-refractivity contribution in [1.29, 1.82) is 5.26 Å². The van der Waals surface area contributed by atoms with Gasteiger partial charge in [-0.1, -0.05) is 27.3 Å². The van der Waals surface area contributed by atoms with Crippen molar-refractivity contribution in [2.24, 2.45) is 0 Å². The van der Waals surface area contributed by atoms with Gasteiger partial charge in [0.1, 0.15) is 25.5 Å². The number of esters is 1. The van der Waals surface area contributed by atoms with Crippen LogP contribution in [0.3, 0.4) is 0 Å². The molecule has 2 N–H and O–H groups in total. The minimum absolute atomic E-state index is 0. The number of rotatable bonds is 10. The lowest BCUT2D eigenvalue weighted by Gasteiger charge is -2.29. The Morgan fingerprint density at radius 3 is 2.32 bits per heavy atom. The van der Waals surface area contributed by atoms with Gasteiger partial charge >= 0.3 is 12.1 Å². The summed E-state index contributed by atoms with van der Waals surface area (Å²) < 4.78 is 24.4. The van der Waals surface area contributed by atoms with Crippen molar-refractivity contribution in [2.75, 3.05) is 73.0 Å². The van der Waals surface area contributed by atoms with Gasteiger partial charge in [0.2, 0.25) is 0 Å². The highest BCUT2D eigenvalue weighted by molar-refractivity contribution is 14.0. The third-order valence-electron chi connectivity index (χ3n) is 4.21. The van der Waals surface area contributed by atoms with Crippen molar-refractivity contribution < 1.29 is 46.3 Å². The van der Waals surface area contributed by atoms with E-state index in [9.17, 15) is 19.5 Å². The lowest BCUT2D eigenvalue weighted by molar-refractivity contribution is -0.890. The maximum atomic E-state index is 11.7. The van der Waals surface area contributed by atoms with Crippen molar-refractivity contribution in [1.82, 2.24) is 4.90 Å². The van der Waals surface area contributed by atoms with E-state index in [2.05, 4.69) is 14.8 Å². The number of amides is 1. The van der Waals surface area contributed by atoms with E-state index in [1.165, 1.54) is 6.07 Å². The summed E-state index contributed by atoms with van der Waals surface area (Å²) in [7, 11) is 7.53. The molecule has 1 fully saturated rings. The molecule has 0 atom stereocenters. The Kier molecular flexibility index (Phi) is 27.2. The topological polar surface area (TPSA) is 161 Å². The molecule has 222 valence electrons. The number of ether oxygens (including phenoxy) is 3. The Morgan fingerprint density at radius 1 is 1.34 bits per heavy atom. The number of cyclic esters (lactones) is 1. The van der Waals surface area contributed by atoms with E-state index in [-0.39, 0.29) is 57.0 Å². The van der Waals surface area contributed by atoms with E-state index in [0.29, 0.717) is 42.0 Å². The first-order valence-corrected chi connectivity index (χ1v) is 11.5. The smallest absolute Gasteiger partial charge is 0.411 e. The summed E-state index contributed by atoms with van der Waals surface area (Å²) in [4.78, 5) is 33.7. The molecule has 1 aromatic rings. The summed E-state index contributed by atoms with van der Waals surface area (Å²) in [6.07, 6.45) is 1.48. The molecule has 0 unspecified atom stereocenters. The second kappa shape index (κ2) is 26.0. The van der Waals surface area contributed by atoms with Crippen LogP contribution < -0.4 is 15.2 Å². The number of anilines is 1. The number of benzene rings is 1. The van der Waals surface area contributed by atoms with Crippen molar-refractivity contribution in [2.45, 2.75) is 34.1 Å². The van der Waals surface area contributed by atoms with Crippen molar-refractivity contribution in [3.05, 3.63) is 24.3 Å². The number of aliphatic hydroxyl groups is 1. The van der Waals surface area contributed by atoms with Crippen LogP contribution in [0.1, 0.15) is 37.1 Å². The molecule has 0 saturated carbocycles. The van der Waals surface area contributed by atoms with E-state index >= 15 is 0 Å². The van der Waals surface area contributed by atoms with E-state index < -0.39 is 12.1 Å². The van der Waals surface area contributed by atoms with Gasteiger partial charge in [0.05, 0.1) is 33.7 Å². The summed E-state index contributed by atoms with van der Waals surface area (Å²) in [5.74, 6) is -0.857. The SMILES string of the molecule is C.CC.CN(C)CCO.C[N+](C)(CCOC(=O)Nc1cccc(OC#N)c1)CCC(=O)[O-].I.O=C1CCO1.[2H][3H]. The number of hydrogen-bond donors (Lipinski definition) is 2. The van der Waals surface area contributed by atoms with Gasteiger partial charge in [0, 0.05) is 33.7 Å². The Hall–Kier alpha value is -2.67. The number of nitrogens with one attached hydrogen (secondary N) is 1. The molecule has 13 heteroatoms. The van der Waals surface area contributed by atoms with Gasteiger partial charge in [-0.3, -0.25) is 10.1 Å². The third-order valence-corrected chi connectivity index (χ3v) is 4.21. The number of likely N-dealkylation sites (N-methyl/N-ethyl adjacent to an activating group) is 2. The number of carboxylic acids is 1. The van der Waals surface area contributed by atoms with Gasteiger partial charge in [-0.15, -0.1) is 29.2 Å². The van der Waals surface area contributed by atoms with Gasteiger partial charge in [0.15, 0.2) is 0 Å². The van der Waals surface area contributed by atoms with Crippen LogP contribution in [0, 0.1) is 11.5 Å². The highest BCUT2D eigenvalue weighted by Crippen LogP contribution is 2.17. The fraction of sp³-hybridized carbons (Fsp3) is 0.600. The average Bonchev–Trinajstić information content (AvgIpc) is 2.85. The first kappa shape index (κ1) is 39.8. The number of halogens is 1. The normalized spacial score (nSPS) is 11.0. The number of carbonyl (C=O) groups is 3. The second-order valence-electron chi connectivity index (χ2n) is 7.98. The fourth-order valence-electron chi connectivity index (χ4n) is 2.12. The van der Waals surface area contributed by atoms with Crippen LogP contribution in [-0.4, -0.2) is 100 Å². The summed E-state index contributed by atoms with van der Waals surface area (Å²) in [5, 5.41) is 29.6. The molecule has 12 nitrogen and oxygen atoms in total. The molecule has 1 aromatic carbocycles. The summed E-state index contributed by atoms with van der Waals surface area (Å²) >= 11 is 0. The van der Waals surface area contributed by atoms with Crippen LogP contribution in [0.25, 0.3) is 0 Å². The highest BCUT2D eigenvalue weighted by Gasteiger charge is 2.16. The third kappa shape index (κ3) is 26.4. The fourth-order valence-corrected chi connectivity index (χ4v) is 2.12. The van der Waals surface area contributed by atoms with Gasteiger partial charge in [0.25, 0.3) is 6.26 Å². The number of carbonyl (C=O) groups excluding carboxylic acids is 3. The molecule has 0 radical (unpaired) electrons. The van der Waals surface area contributed by atoms with Crippen LogP contribution in [-0.2, 0) is 19.1 Å². The van der Waals surface area contributed by atoms with Crippen molar-refractivity contribution >= 4 is 47.7 Å². The van der Waals surface area contributed by atoms with Gasteiger partial charge in [-0.25, -0.2) is 4.79 Å². The first-order valence-electron chi connectivity index (χ1n) is 12.5. The van der Waals surface area contributed by atoms with E-state index in [1.807, 2.05) is 46.9 Å². The lowest BCUT2D eigenvalue weighted by atomic mass is 10.3. The zero-order chi connectivity index (χ0) is 30.0. The molecule has 38 heavy (non-hydrogen) atoms. The molecular weight excluding hydrogens is 611 g/mol. The molecule has 0 spiro atoms. The molecule has 1 amide bonds. The molecule has 1 saturated heterocycles. The summed E-state index contributed by atoms with van der Waals surface area (Å²) in [6.45, 7) is 6.66. The van der Waals surface area contributed by atoms with E-state index in [1.54, 1.807) is 24.5 Å². The number of carboxylic acid groups (broad SMARTS) is 1. The number of aliphatic hydroxyl groups excluding tert-OH is 1. The summed E-state index contributed by atoms with van der Waals surface area (Å²) in [6, 6.07) is 6.33. The molecule has 0 bridgehead atoms. The largest absolute Gasteiger partial charge is 0.550 e. The molecule has 0 aromatic heterocycles. The van der Waals surface area contributed by atoms with Gasteiger partial charge in [-0.2, -0.15) is 0 Å². The standard InChI is InChI=1S/C15H19N3O5.C4H11NO.C3H4O2.C2H6.CH4.HI.H2/c1-18(2,7-6-14(19)20)8-9-22-15(21)17-12-4-3-5-13(10-12)23-11-16;1-5(2)3-4-6;4-3-1-2-5-3;1-2;;;/h3-5,10H,6-9H2,1-2H3,(H-,17,19,20,21);6H,3-4H2,1-2H3;1-2H2;1-2H3;1H4;2*1H/i;;;;;;1+2D. The van der Waals surface area contributed by atoms with E-state index in [0.717, 1.165) is 6.54 Å². The maximum absolute atomic E-state index is 11.7. The monoisotopic (exact) mass is 661 g/mol. The van der Waals surface area contributed by atoms with E-state index in [4.69, 9.17) is 18.1 Å². The van der Waals surface area contributed by atoms with Crippen LogP contribution in [0.2, 0.25) is 0 Å². The van der Waals surface area contributed by atoms with Crippen LogP contribution >= 0.6 is 24.0 Å². The number of nitrogens with zero attached hydrogens (tertiary/aromatic N) is 3. The van der Waals surface area contributed by atoms with Crippen LogP contribution in [0.4, 0.5) is 10.5 Å². The zero-order valence-electron chi connectivity index (χ0n) is 24.5. The number of quaternary nitrogens is 1. The number of nitriles is 1. The predicted molar refractivity (Wildman–Crippen MR) is 156 cm³/mol. The Bertz CT molecular complexity index is 822. The van der Waals surface area contributed by atoms with Gasteiger partial charge in [-0.05, 0) is 26.2 Å². The number of hydrogen-bond acceptors (Lipinski definition) is 10. The Labute approximate surface area is 247 Å². The molecule has 1 aliphatic heterocycles. The summed E-state index contributed by atoms with van der Waals surface area (Å²) in [5.41, 5.74) is 0.438. The van der Waals surface area contributed by atoms with Crippen molar-refractivity contribution in [3.63, 3.8) is 0 Å². The quantitative estimate of drug-likeness (QED) is 0.165. The molecular formula is C25H47IN4O8. The average molecular weight is 662 g/mol. The van der Waals surface area contributed by atoms with Crippen LogP contribution in [0.15, 0.2) is 24.3 Å². The lowest BCUT2D eigenvalue weighted by Crippen LogP contribution is -2.45. The van der Waals surface area contributed by atoms with Crippen molar-refractivity contribution in [3.8, 4) is 12.0 Å². The molecule has 1 aliphatic rings. The second-order valence-corrected chi connectivity index (χ2v) is 7.98. The minimum atomic E-state index is -1.10. The minimum Gasteiger partial charge on any atom is -0.550 e. The maximum Gasteiger partial charge on any atom is 0.411 e. The molecule has 2 rings (SSSR count). The first-order chi connectivity index (χ1) is 18.0. The predicted octanol–water partition coefficient (Wildman–Crippen LogP) is 2.31.